The van der Waals surface area contributed by atoms with Gasteiger partial charge in [-0.15, -0.1) is 11.3 Å². The Bertz CT molecular complexity index is 1100. The molecule has 5 rings (SSSR count). The average molecular weight is 414 g/mol. The number of aromatic nitrogens is 1. The van der Waals surface area contributed by atoms with E-state index in [-0.39, 0.29) is 24.6 Å². The van der Waals surface area contributed by atoms with E-state index in [4.69, 9.17) is 4.98 Å². The Balaban J connectivity index is 1.40. The molecule has 2 heterocycles. The molecule has 1 fully saturated rings. The number of nitriles is 1. The lowest BCUT2D eigenvalue weighted by molar-refractivity contribution is 0.187. The molecule has 0 amide bonds. The smallest absolute Gasteiger partial charge is 0.187 e. The first kappa shape index (κ1) is 19.0. The predicted octanol–water partition coefficient (Wildman–Crippen LogP) is 5.23. The van der Waals surface area contributed by atoms with E-state index in [1.165, 1.54) is 28.9 Å². The van der Waals surface area contributed by atoms with E-state index >= 15 is 0 Å². The molecule has 0 radical (unpaired) electrons. The van der Waals surface area contributed by atoms with Crippen molar-refractivity contribution in [3.63, 3.8) is 0 Å². The molecule has 1 aliphatic carbocycles. The minimum absolute atomic E-state index is 0.00397. The highest BCUT2D eigenvalue weighted by atomic mass is 32.1. The van der Waals surface area contributed by atoms with Crippen LogP contribution in [0.25, 0.3) is 16.8 Å². The van der Waals surface area contributed by atoms with Crippen LogP contribution in [-0.2, 0) is 0 Å². The van der Waals surface area contributed by atoms with Gasteiger partial charge in [-0.25, -0.2) is 4.98 Å². The van der Waals surface area contributed by atoms with Gasteiger partial charge in [0.15, 0.2) is 5.13 Å². The molecule has 4 nitrogen and oxygen atoms in total. The lowest BCUT2D eigenvalue weighted by Crippen LogP contribution is -2.63. The van der Waals surface area contributed by atoms with E-state index in [0.717, 1.165) is 34.8 Å². The summed E-state index contributed by atoms with van der Waals surface area (Å²) >= 11 is 1.53. The van der Waals surface area contributed by atoms with Gasteiger partial charge in [0, 0.05) is 16.9 Å². The molecule has 0 saturated carbocycles. The van der Waals surface area contributed by atoms with Crippen LogP contribution in [0.4, 0.5) is 5.13 Å². The fraction of sp³-hybridized carbons (Fsp3) is 0.280. The van der Waals surface area contributed by atoms with Crippen LogP contribution >= 0.6 is 11.3 Å². The molecule has 0 spiro atoms. The number of hydrogen-bond donors (Lipinski definition) is 1. The number of aliphatic hydroxyl groups is 1. The highest BCUT2D eigenvalue weighted by Crippen LogP contribution is 2.45. The van der Waals surface area contributed by atoms with Crippen LogP contribution in [0.5, 0.6) is 0 Å². The number of allylic oxidation sites excluding steroid dienone is 2. The number of hydrogen-bond acceptors (Lipinski definition) is 5. The quantitative estimate of drug-likeness (QED) is 0.622. The second-order valence-corrected chi connectivity index (χ2v) is 8.72. The van der Waals surface area contributed by atoms with Crippen LogP contribution in [0.3, 0.4) is 0 Å². The molecule has 2 aromatic carbocycles. The maximum atomic E-state index is 10.1. The van der Waals surface area contributed by atoms with E-state index in [2.05, 4.69) is 36.4 Å². The van der Waals surface area contributed by atoms with E-state index < -0.39 is 0 Å². The molecule has 5 heteroatoms. The molecule has 30 heavy (non-hydrogen) atoms. The van der Waals surface area contributed by atoms with Crippen molar-refractivity contribution in [2.45, 2.75) is 37.3 Å². The van der Waals surface area contributed by atoms with Gasteiger partial charge in [0.05, 0.1) is 24.4 Å². The molecular formula is C25H23N3OS. The summed E-state index contributed by atoms with van der Waals surface area (Å²) in [5.41, 5.74) is 5.76. The summed E-state index contributed by atoms with van der Waals surface area (Å²) < 4.78 is 0. The summed E-state index contributed by atoms with van der Waals surface area (Å²) in [6.45, 7) is -0.00397. The third-order valence-electron chi connectivity index (χ3n) is 6.22. The van der Waals surface area contributed by atoms with E-state index in [1.807, 2.05) is 40.6 Å². The number of nitrogens with zero attached hydrogens (tertiary/aromatic N) is 3. The van der Waals surface area contributed by atoms with E-state index in [1.54, 1.807) is 0 Å². The zero-order chi connectivity index (χ0) is 20.5. The van der Waals surface area contributed by atoms with Crippen molar-refractivity contribution < 1.29 is 5.11 Å². The molecule has 1 aliphatic heterocycles. The molecule has 2 aliphatic rings. The van der Waals surface area contributed by atoms with Crippen molar-refractivity contribution in [1.29, 1.82) is 5.26 Å². The summed E-state index contributed by atoms with van der Waals surface area (Å²) in [7, 11) is 0. The van der Waals surface area contributed by atoms with Crippen LogP contribution in [-0.4, -0.2) is 28.8 Å². The molecule has 1 N–H and O–H groups in total. The van der Waals surface area contributed by atoms with Gasteiger partial charge in [-0.2, -0.15) is 5.26 Å². The van der Waals surface area contributed by atoms with Crippen LogP contribution in [0.2, 0.25) is 0 Å². The Kier molecular flexibility index (Phi) is 5.12. The molecular weight excluding hydrogens is 390 g/mol. The summed E-state index contributed by atoms with van der Waals surface area (Å²) in [4.78, 5) is 6.75. The molecule has 1 aromatic heterocycles. The van der Waals surface area contributed by atoms with Gasteiger partial charge in [-0.3, -0.25) is 0 Å². The summed E-state index contributed by atoms with van der Waals surface area (Å²) in [6.07, 6.45) is 5.86. The van der Waals surface area contributed by atoms with Crippen molar-refractivity contribution in [3.8, 4) is 17.3 Å². The van der Waals surface area contributed by atoms with Gasteiger partial charge in [-0.05, 0) is 36.0 Å². The lowest BCUT2D eigenvalue weighted by Gasteiger charge is -2.51. The van der Waals surface area contributed by atoms with Crippen LogP contribution in [0.1, 0.15) is 36.3 Å². The third kappa shape index (κ3) is 3.23. The minimum Gasteiger partial charge on any atom is -0.394 e. The van der Waals surface area contributed by atoms with Crippen LogP contribution in [0, 0.1) is 11.3 Å². The Labute approximate surface area is 180 Å². The second-order valence-electron chi connectivity index (χ2n) is 7.88. The van der Waals surface area contributed by atoms with E-state index in [0.29, 0.717) is 0 Å². The number of benzene rings is 2. The average Bonchev–Trinajstić information content (AvgIpc) is 3.48. The van der Waals surface area contributed by atoms with Crippen LogP contribution < -0.4 is 4.90 Å². The highest BCUT2D eigenvalue weighted by Gasteiger charge is 2.50. The predicted molar refractivity (Wildman–Crippen MR) is 121 cm³/mol. The Morgan fingerprint density at radius 3 is 2.57 bits per heavy atom. The Morgan fingerprint density at radius 2 is 1.90 bits per heavy atom. The summed E-state index contributed by atoms with van der Waals surface area (Å²) in [6, 6.07) is 20.6. The first-order valence-corrected chi connectivity index (χ1v) is 11.3. The first-order valence-electron chi connectivity index (χ1n) is 10.4. The van der Waals surface area contributed by atoms with Gasteiger partial charge < -0.3 is 10.0 Å². The van der Waals surface area contributed by atoms with Gasteiger partial charge in [0.1, 0.15) is 6.04 Å². The lowest BCUT2D eigenvalue weighted by atomic mass is 9.76. The Morgan fingerprint density at radius 1 is 1.10 bits per heavy atom. The Hall–Kier alpha value is -2.94. The first-order chi connectivity index (χ1) is 14.8. The number of aliphatic hydroxyl groups excluding tert-OH is 1. The van der Waals surface area contributed by atoms with Gasteiger partial charge in [0.2, 0.25) is 0 Å². The molecule has 1 saturated heterocycles. The van der Waals surface area contributed by atoms with Crippen LogP contribution in [0.15, 0.2) is 66.1 Å². The standard InChI is InChI=1S/C25H23N3OS/c26-14-22-24(20-12-10-18(11-13-20)17-6-4-5-7-17)23(15-29)28(22)25-27-21(16-30-25)19-8-2-1-3-9-19/h1-3,6,8-13,16,22-24,29H,4-5,7,15H2/t22-,23+,24+/m0/s1. The largest absolute Gasteiger partial charge is 0.394 e. The number of anilines is 1. The maximum absolute atomic E-state index is 10.1. The zero-order valence-electron chi connectivity index (χ0n) is 16.6. The zero-order valence-corrected chi connectivity index (χ0v) is 17.4. The monoisotopic (exact) mass is 413 g/mol. The van der Waals surface area contributed by atoms with Crippen molar-refractivity contribution in [1.82, 2.24) is 4.98 Å². The molecule has 3 aromatic rings. The SMILES string of the molecule is N#C[C@H]1[C@@H](c2ccc(C3=CCCC3)cc2)[C@@H](CO)N1c1nc(-c2ccccc2)cs1. The topological polar surface area (TPSA) is 60.1 Å². The highest BCUT2D eigenvalue weighted by molar-refractivity contribution is 7.14. The molecule has 150 valence electrons. The van der Waals surface area contributed by atoms with Gasteiger partial charge in [-0.1, -0.05) is 60.7 Å². The molecule has 3 atom stereocenters. The fourth-order valence-electron chi connectivity index (χ4n) is 4.65. The van der Waals surface area contributed by atoms with E-state index in [9.17, 15) is 10.4 Å². The summed E-state index contributed by atoms with van der Waals surface area (Å²) in [5, 5.41) is 22.9. The third-order valence-corrected chi connectivity index (χ3v) is 7.07. The summed E-state index contributed by atoms with van der Waals surface area (Å²) in [5.74, 6) is -0.0179. The molecule has 0 bridgehead atoms. The number of rotatable bonds is 5. The van der Waals surface area contributed by atoms with Crippen molar-refractivity contribution in [3.05, 3.63) is 77.2 Å². The number of thiazole rings is 1. The normalized spacial score (nSPS) is 23.0. The molecule has 0 unspecified atom stereocenters. The maximum Gasteiger partial charge on any atom is 0.187 e. The minimum atomic E-state index is -0.325. The second kappa shape index (κ2) is 8.06. The van der Waals surface area contributed by atoms with Crippen molar-refractivity contribution in [2.24, 2.45) is 0 Å². The van der Waals surface area contributed by atoms with Gasteiger partial charge >= 0.3 is 0 Å². The van der Waals surface area contributed by atoms with Crippen molar-refractivity contribution in [2.75, 3.05) is 11.5 Å². The van der Waals surface area contributed by atoms with Crippen molar-refractivity contribution >= 4 is 22.0 Å². The fourth-order valence-corrected chi connectivity index (χ4v) is 5.57. The van der Waals surface area contributed by atoms with Gasteiger partial charge in [0.25, 0.3) is 0 Å².